The van der Waals surface area contributed by atoms with Gasteiger partial charge in [-0.1, -0.05) is 102 Å². The number of carbonyl (C=O) groups is 5. The van der Waals surface area contributed by atoms with Crippen LogP contribution in [-0.2, 0) is 73.6 Å². The molecule has 4 fully saturated rings. The van der Waals surface area contributed by atoms with Crippen LogP contribution in [-0.4, -0.2) is 215 Å². The number of unbranched alkanes of at least 4 members (excludes halogenated alkanes) is 2. The zero-order chi connectivity index (χ0) is 84.7. The van der Waals surface area contributed by atoms with Crippen molar-refractivity contribution >= 4 is 92.1 Å². The highest BCUT2D eigenvalue weighted by atomic mass is 28.5. The number of aliphatic hydroxyl groups excluding tert-OH is 2. The van der Waals surface area contributed by atoms with Crippen LogP contribution >= 0.6 is 0 Å². The Morgan fingerprint density at radius 3 is 1.08 bits per heavy atom. The van der Waals surface area contributed by atoms with Gasteiger partial charge in [0.2, 0.25) is 12.2 Å². The van der Waals surface area contributed by atoms with Gasteiger partial charge in [0.25, 0.3) is 6.26 Å². The van der Waals surface area contributed by atoms with Gasteiger partial charge in [-0.3, -0.25) is 14.4 Å². The van der Waals surface area contributed by atoms with E-state index in [1.165, 1.54) is 51.9 Å². The molecule has 640 valence electrons. The number of aliphatic hydroxyl groups is 2. The molecule has 4 saturated carbocycles. The summed E-state index contributed by atoms with van der Waals surface area (Å²) in [7, 11) is -4.74. The molecule has 4 N–H and O–H groups in total. The summed E-state index contributed by atoms with van der Waals surface area (Å²) in [6.07, 6.45) is 18.1. The number of hydrogen-bond donors (Lipinski definition) is 4. The second kappa shape index (κ2) is 50.2. The Morgan fingerprint density at radius 1 is 0.464 bits per heavy atom. The summed E-state index contributed by atoms with van der Waals surface area (Å²) in [4.78, 5) is 95.8. The van der Waals surface area contributed by atoms with Gasteiger partial charge < -0.3 is 70.5 Å². The van der Waals surface area contributed by atoms with Gasteiger partial charge in [0, 0.05) is 41.5 Å². The molecule has 0 bridgehead atoms. The van der Waals surface area contributed by atoms with Gasteiger partial charge in [0.1, 0.15) is 19.3 Å². The van der Waals surface area contributed by atoms with Gasteiger partial charge in [-0.15, -0.1) is 0 Å². The lowest BCUT2D eigenvalue weighted by molar-refractivity contribution is -0.155. The first-order valence-corrected chi connectivity index (χ1v) is 58.5. The number of amides is 2. The van der Waals surface area contributed by atoms with Crippen molar-refractivity contribution < 1.29 is 93.4 Å². The summed E-state index contributed by atoms with van der Waals surface area (Å²) in [6.45, 7) is 54.5. The van der Waals surface area contributed by atoms with E-state index in [-0.39, 0.29) is 71.6 Å². The minimum atomic E-state index is -2.10. The predicted molar refractivity (Wildman–Crippen MR) is 449 cm³/mol. The zero-order valence-electron chi connectivity index (χ0n) is 73.7. The molecule has 0 spiro atoms. The number of ether oxygens (including phenoxy) is 7. The second-order valence-electron chi connectivity index (χ2n) is 37.8. The van der Waals surface area contributed by atoms with Crippen molar-refractivity contribution in [2.45, 2.75) is 313 Å². The van der Waals surface area contributed by atoms with Crippen molar-refractivity contribution in [3.63, 3.8) is 0 Å². The zero-order valence-corrected chi connectivity index (χ0v) is 79.7. The van der Waals surface area contributed by atoms with Crippen LogP contribution in [0, 0.1) is 61.8 Å². The third-order valence-corrected chi connectivity index (χ3v) is 43.4. The summed E-state index contributed by atoms with van der Waals surface area (Å²) in [5.41, 5.74) is -1.80. The average molecular weight is 1660 g/mol. The predicted octanol–water partition coefficient (Wildman–Crippen LogP) is 16.3. The first kappa shape index (κ1) is 107. The summed E-state index contributed by atoms with van der Waals surface area (Å²) in [5, 5.41) is 30.7. The van der Waals surface area contributed by atoms with Gasteiger partial charge >= 0.3 is 29.3 Å². The van der Waals surface area contributed by atoms with Crippen molar-refractivity contribution in [1.29, 1.82) is 5.26 Å². The Morgan fingerprint density at radius 2 is 0.782 bits per heavy atom. The lowest BCUT2D eigenvalue weighted by Gasteiger charge is -2.50. The lowest BCUT2D eigenvalue weighted by atomic mass is 9.54. The number of nitrogens with zero attached hydrogens (tertiary/aromatic N) is 3. The van der Waals surface area contributed by atoms with Crippen LogP contribution in [0.4, 0.5) is 9.59 Å². The van der Waals surface area contributed by atoms with Crippen LogP contribution in [0.2, 0.25) is 103 Å². The molecular weight excluding hydrogens is 1510 g/mol. The first-order chi connectivity index (χ1) is 50.7. The molecule has 0 aromatic carbocycles. The number of methoxy groups -OCH3 is 2. The molecular formula is C79H155N5O20Si6. The molecule has 4 aliphatic rings. The number of nitriles is 1. The fraction of sp³-hybridized carbons (Fsp3) is 0.899. The van der Waals surface area contributed by atoms with Gasteiger partial charge in [0.15, 0.2) is 50.6 Å². The standard InChI is InChI=1S/C39H57N3O6.C17H41NO5Si3.C15H38O4Si3.C5H11NO3.C3H8O2/c1-34(2)10-25(41-23-43)12-37(7,19-34)16-28-31(45)29(17-38(8)13-26(42-24-44)11-35(3,4)20-38)33(47)30(32(28)46)18-39(9)15-27(48-22-40)14-36(5,6)21-39;1-9-10-15-24(3,4)22-26(7,8)23-25(5,6)16-11-12-20-13-14-21-17(19)18-2;1-8-9-14-20(2,3)18-22(6,7)19-21(4,5)15-10-12-17-13-11-16;1-6-5(7)9-4-3-8-2;1-5-3-2-4/h25-30H,10-21H2,1-9H3;9-16H2,1-8H3,(H,18,19);16H,8-15H2,1-7H3;3-4H2,1-2H3,(H,6,7);4H,2-3H2,1H3. The molecule has 25 nitrogen and oxygen atoms in total. The van der Waals surface area contributed by atoms with Crippen molar-refractivity contribution in [2.75, 3.05) is 94.4 Å². The van der Waals surface area contributed by atoms with E-state index < -0.39 is 96.6 Å². The van der Waals surface area contributed by atoms with Crippen LogP contribution < -0.4 is 10.6 Å². The number of aliphatic imine (C=N–C) groups is 2. The smallest absolute Gasteiger partial charge is 0.406 e. The maximum Gasteiger partial charge on any atom is 0.406 e. The van der Waals surface area contributed by atoms with E-state index in [9.17, 15) is 38.8 Å². The van der Waals surface area contributed by atoms with Crippen LogP contribution in [0.25, 0.3) is 0 Å². The normalized spacial score (nSPS) is 24.6. The van der Waals surface area contributed by atoms with E-state index in [4.69, 9.17) is 45.6 Å². The second-order valence-corrected chi connectivity index (χ2v) is 62.8. The van der Waals surface area contributed by atoms with E-state index in [2.05, 4.69) is 190 Å². The average Bonchev–Trinajstić information content (AvgIpc) is 0.768. The van der Waals surface area contributed by atoms with Crippen LogP contribution in [0.15, 0.2) is 9.98 Å². The maximum absolute atomic E-state index is 14.6. The van der Waals surface area contributed by atoms with E-state index in [1.54, 1.807) is 26.4 Å². The third-order valence-electron chi connectivity index (χ3n) is 20.5. The number of alkyl carbamates (subject to hydrolysis) is 2. The van der Waals surface area contributed by atoms with Crippen molar-refractivity contribution in [3.05, 3.63) is 0 Å². The highest BCUT2D eigenvalue weighted by molar-refractivity contribution is 6.88. The monoisotopic (exact) mass is 1660 g/mol. The van der Waals surface area contributed by atoms with E-state index >= 15 is 0 Å². The minimum Gasteiger partial charge on any atom is -0.447 e. The molecule has 0 aromatic rings. The van der Waals surface area contributed by atoms with Gasteiger partial charge in [-0.25, -0.2) is 29.2 Å². The molecule has 0 heterocycles. The lowest BCUT2D eigenvalue weighted by Crippen LogP contribution is -2.53. The number of isocyanates is 2. The summed E-state index contributed by atoms with van der Waals surface area (Å²) < 4.78 is 61.0. The number of Topliss-reactive ketones (excluding diaryl/α,β-unsaturated/α-hetero) is 3. The Balaban J connectivity index is 0.00000161. The number of hydrogen-bond acceptors (Lipinski definition) is 23. The minimum absolute atomic E-state index is 0.0998. The maximum atomic E-state index is 14.6. The van der Waals surface area contributed by atoms with Gasteiger partial charge in [0.05, 0.1) is 69.5 Å². The molecule has 0 aliphatic heterocycles. The Bertz CT molecular complexity index is 2790. The van der Waals surface area contributed by atoms with Crippen LogP contribution in [0.5, 0.6) is 0 Å². The third kappa shape index (κ3) is 45.7. The largest absolute Gasteiger partial charge is 0.447 e. The molecule has 110 heavy (non-hydrogen) atoms. The highest BCUT2D eigenvalue weighted by Gasteiger charge is 2.57. The van der Waals surface area contributed by atoms with Crippen molar-refractivity contribution in [2.24, 2.45) is 60.2 Å². The van der Waals surface area contributed by atoms with E-state index in [1.807, 2.05) is 6.26 Å². The van der Waals surface area contributed by atoms with Crippen LogP contribution in [0.1, 0.15) is 192 Å². The number of carbonyl (C=O) groups excluding carboxylic acids is 7. The molecule has 0 radical (unpaired) electrons. The molecule has 31 heteroatoms. The Kier molecular flexibility index (Phi) is 48.6. The Labute approximate surface area is 671 Å². The fourth-order valence-electron chi connectivity index (χ4n) is 18.1. The summed E-state index contributed by atoms with van der Waals surface area (Å²) >= 11 is 0. The topological polar surface area (TPSA) is 334 Å². The van der Waals surface area contributed by atoms with Crippen molar-refractivity contribution in [3.8, 4) is 6.26 Å². The molecule has 4 rings (SSSR count). The molecule has 8 atom stereocenters. The summed E-state index contributed by atoms with van der Waals surface area (Å²) in [6, 6.07) is 4.07. The number of ketones is 3. The quantitative estimate of drug-likeness (QED) is 0.0110. The van der Waals surface area contributed by atoms with Gasteiger partial charge in [-0.2, -0.15) is 5.26 Å². The van der Waals surface area contributed by atoms with Crippen LogP contribution in [0.3, 0.4) is 0 Å². The number of nitrogens with one attached hydrogen (secondary N) is 2. The van der Waals surface area contributed by atoms with Crippen molar-refractivity contribution in [1.82, 2.24) is 10.6 Å². The van der Waals surface area contributed by atoms with E-state index in [0.717, 1.165) is 57.0 Å². The Hall–Kier alpha value is -3.50. The number of rotatable bonds is 41. The highest BCUT2D eigenvalue weighted by Crippen LogP contribution is 2.56. The fourth-order valence-corrected chi connectivity index (χ4v) is 46.5. The molecule has 2 amide bonds. The molecule has 0 saturated heterocycles. The first-order valence-electron chi connectivity index (χ1n) is 40.4. The molecule has 8 unspecified atom stereocenters. The molecule has 4 aliphatic carbocycles. The summed E-state index contributed by atoms with van der Waals surface area (Å²) in [5.74, 6) is -3.68. The van der Waals surface area contributed by atoms with E-state index in [0.29, 0.717) is 91.2 Å². The van der Waals surface area contributed by atoms with Gasteiger partial charge in [-0.05, 0) is 225 Å². The SMILES string of the molecule is CC1(C)CC(N=C=O)CC(C)(CC2C(=O)C(CC3(C)CC(N=C=O)CC(C)(C)C3)C(=O)C(CC3(C)CC(OC#N)CC(C)(C)C3)C2=O)C1.CCCC[Si](C)(C)O[Si](C)(C)O[Si](C)(C)CCCOCCO.CCCC[Si](C)(C)O[Si](C)(C)O[Si](C)(C)CCCOCCOC(=O)NC.CNC(=O)OCCOC.COCCO. The molecule has 0 aromatic heterocycles.